The fourth-order valence-electron chi connectivity index (χ4n) is 1.32. The molecule has 0 fully saturated rings. The van der Waals surface area contributed by atoms with Crippen LogP contribution in [-0.2, 0) is 9.53 Å². The van der Waals surface area contributed by atoms with Gasteiger partial charge in [0.25, 0.3) is 0 Å². The lowest BCUT2D eigenvalue weighted by molar-refractivity contribution is -0.141. The molecule has 0 radical (unpaired) electrons. The number of thiophene rings is 1. The first kappa shape index (κ1) is 14.2. The first-order valence-corrected chi connectivity index (χ1v) is 6.62. The Kier molecular flexibility index (Phi) is 4.71. The fraction of sp³-hybridized carbons (Fsp3) is 0.615. The number of carbonyl (C=O) groups excluding carboxylic acids is 1. The zero-order valence-corrected chi connectivity index (χ0v) is 12.0. The van der Waals surface area contributed by atoms with Crippen LogP contribution < -0.4 is 0 Å². The van der Waals surface area contributed by atoms with Gasteiger partial charge in [0.1, 0.15) is 6.61 Å². The molecule has 0 N–H and O–H groups in total. The van der Waals surface area contributed by atoms with Gasteiger partial charge in [0, 0.05) is 11.9 Å². The zero-order chi connectivity index (χ0) is 13.1. The van der Waals surface area contributed by atoms with E-state index in [2.05, 4.69) is 0 Å². The van der Waals surface area contributed by atoms with E-state index in [9.17, 15) is 4.79 Å². The van der Waals surface area contributed by atoms with Gasteiger partial charge in [-0.25, -0.2) is 0 Å². The van der Waals surface area contributed by atoms with Crippen molar-refractivity contribution in [3.63, 3.8) is 0 Å². The van der Waals surface area contributed by atoms with Gasteiger partial charge >= 0.3 is 0 Å². The lowest BCUT2D eigenvalue weighted by atomic mass is 10.2. The third-order valence-corrected chi connectivity index (χ3v) is 3.60. The van der Waals surface area contributed by atoms with Crippen molar-refractivity contribution in [2.24, 2.45) is 0 Å². The monoisotopic (exact) mass is 255 g/mol. The van der Waals surface area contributed by atoms with Gasteiger partial charge in [-0.15, -0.1) is 11.3 Å². The smallest absolute Gasteiger partial charge is 0.248 e. The van der Waals surface area contributed by atoms with Crippen LogP contribution in [0.25, 0.3) is 0 Å². The van der Waals surface area contributed by atoms with Gasteiger partial charge in [-0.1, -0.05) is 6.07 Å². The molecule has 0 bridgehead atoms. The van der Waals surface area contributed by atoms with E-state index in [4.69, 9.17) is 4.74 Å². The molecule has 1 amide bonds. The number of nitrogens with zero attached hydrogens (tertiary/aromatic N) is 1. The van der Waals surface area contributed by atoms with E-state index < -0.39 is 0 Å². The topological polar surface area (TPSA) is 29.5 Å². The first-order valence-electron chi connectivity index (χ1n) is 5.74. The molecule has 3 nitrogen and oxygen atoms in total. The van der Waals surface area contributed by atoms with Crippen LogP contribution in [0.1, 0.15) is 38.6 Å². The molecule has 1 atom stereocenters. The van der Waals surface area contributed by atoms with Crippen LogP contribution in [0.3, 0.4) is 0 Å². The van der Waals surface area contributed by atoms with Crippen LogP contribution in [0, 0.1) is 0 Å². The molecule has 0 aliphatic carbocycles. The maximum atomic E-state index is 11.9. The number of rotatable bonds is 4. The molecule has 1 aromatic heterocycles. The van der Waals surface area contributed by atoms with Crippen molar-refractivity contribution < 1.29 is 9.53 Å². The highest BCUT2D eigenvalue weighted by Gasteiger charge is 2.20. The molecule has 0 aliphatic heterocycles. The quantitative estimate of drug-likeness (QED) is 0.827. The van der Waals surface area contributed by atoms with Crippen molar-refractivity contribution >= 4 is 17.2 Å². The third-order valence-electron chi connectivity index (χ3n) is 2.56. The summed E-state index contributed by atoms with van der Waals surface area (Å²) < 4.78 is 5.49. The molecule has 1 unspecified atom stereocenters. The predicted molar refractivity (Wildman–Crippen MR) is 71.2 cm³/mol. The predicted octanol–water partition coefficient (Wildman–Crippen LogP) is 3.08. The second kappa shape index (κ2) is 5.65. The molecule has 0 spiro atoms. The number of ether oxygens (including phenoxy) is 1. The molecular formula is C13H21NO2S. The summed E-state index contributed by atoms with van der Waals surface area (Å²) in [5.74, 6) is 0.0147. The standard InChI is InChI=1S/C13H21NO2S/c1-10(11-7-6-8-17-11)14(5)12(15)9-16-13(2,3)4/h6-8,10H,9H2,1-5H3. The molecule has 0 aromatic carbocycles. The molecule has 1 aromatic rings. The molecular weight excluding hydrogens is 234 g/mol. The number of amides is 1. The highest BCUT2D eigenvalue weighted by molar-refractivity contribution is 7.10. The van der Waals surface area contributed by atoms with Crippen molar-refractivity contribution in [3.8, 4) is 0 Å². The average Bonchev–Trinajstić information content (AvgIpc) is 2.76. The molecule has 1 rings (SSSR count). The van der Waals surface area contributed by atoms with Crippen LogP contribution in [0.2, 0.25) is 0 Å². The summed E-state index contributed by atoms with van der Waals surface area (Å²) in [5, 5.41) is 2.02. The Hall–Kier alpha value is -0.870. The highest BCUT2D eigenvalue weighted by atomic mass is 32.1. The molecule has 4 heteroatoms. The summed E-state index contributed by atoms with van der Waals surface area (Å²) in [6, 6.07) is 4.15. The number of likely N-dealkylation sites (N-methyl/N-ethyl adjacent to an activating group) is 1. The van der Waals surface area contributed by atoms with E-state index in [1.54, 1.807) is 16.2 Å². The maximum Gasteiger partial charge on any atom is 0.248 e. The van der Waals surface area contributed by atoms with Crippen molar-refractivity contribution in [1.29, 1.82) is 0 Å². The van der Waals surface area contributed by atoms with Crippen LogP contribution in [-0.4, -0.2) is 30.1 Å². The normalized spacial score (nSPS) is 13.5. The Morgan fingerprint density at radius 3 is 2.65 bits per heavy atom. The fourth-order valence-corrected chi connectivity index (χ4v) is 2.14. The molecule has 1 heterocycles. The molecule has 96 valence electrons. The van der Waals surface area contributed by atoms with Crippen molar-refractivity contribution in [2.75, 3.05) is 13.7 Å². The Morgan fingerprint density at radius 1 is 1.53 bits per heavy atom. The Balaban J connectivity index is 2.52. The summed E-state index contributed by atoms with van der Waals surface area (Å²) in [6.07, 6.45) is 0. The number of hydrogen-bond donors (Lipinski definition) is 0. The summed E-state index contributed by atoms with van der Waals surface area (Å²) >= 11 is 1.67. The first-order chi connectivity index (χ1) is 7.81. The largest absolute Gasteiger partial charge is 0.366 e. The van der Waals surface area contributed by atoms with Gasteiger partial charge < -0.3 is 9.64 Å². The Bertz CT molecular complexity index is 354. The van der Waals surface area contributed by atoms with Crippen molar-refractivity contribution in [2.45, 2.75) is 39.3 Å². The summed E-state index contributed by atoms with van der Waals surface area (Å²) in [7, 11) is 1.82. The lowest BCUT2D eigenvalue weighted by Crippen LogP contribution is -2.35. The third kappa shape index (κ3) is 4.48. The maximum absolute atomic E-state index is 11.9. The van der Waals surface area contributed by atoms with E-state index in [-0.39, 0.29) is 24.2 Å². The van der Waals surface area contributed by atoms with E-state index in [0.717, 1.165) is 0 Å². The second-order valence-corrected chi connectivity index (χ2v) is 6.08. The number of carbonyl (C=O) groups is 1. The van der Waals surface area contributed by atoms with Crippen molar-refractivity contribution in [3.05, 3.63) is 22.4 Å². The molecule has 0 saturated carbocycles. The van der Waals surface area contributed by atoms with Gasteiger partial charge in [-0.05, 0) is 39.1 Å². The average molecular weight is 255 g/mol. The lowest BCUT2D eigenvalue weighted by Gasteiger charge is -2.26. The van der Waals surface area contributed by atoms with Crippen molar-refractivity contribution in [1.82, 2.24) is 4.90 Å². The Labute approximate surface area is 107 Å². The molecule has 0 saturated heterocycles. The second-order valence-electron chi connectivity index (χ2n) is 5.10. The van der Waals surface area contributed by atoms with Gasteiger partial charge in [0.2, 0.25) is 5.91 Å². The van der Waals surface area contributed by atoms with Gasteiger partial charge in [-0.3, -0.25) is 4.79 Å². The van der Waals surface area contributed by atoms with Gasteiger partial charge in [0.15, 0.2) is 0 Å². The van der Waals surface area contributed by atoms with Crippen LogP contribution >= 0.6 is 11.3 Å². The summed E-state index contributed by atoms with van der Waals surface area (Å²) in [6.45, 7) is 8.01. The Morgan fingerprint density at radius 2 is 2.18 bits per heavy atom. The van der Waals surface area contributed by atoms with Crippen LogP contribution in [0.15, 0.2) is 17.5 Å². The van der Waals surface area contributed by atoms with Gasteiger partial charge in [-0.2, -0.15) is 0 Å². The zero-order valence-electron chi connectivity index (χ0n) is 11.2. The highest BCUT2D eigenvalue weighted by Crippen LogP contribution is 2.23. The number of hydrogen-bond acceptors (Lipinski definition) is 3. The van der Waals surface area contributed by atoms with E-state index in [0.29, 0.717) is 0 Å². The van der Waals surface area contributed by atoms with E-state index in [1.807, 2.05) is 52.3 Å². The van der Waals surface area contributed by atoms with Crippen LogP contribution in [0.4, 0.5) is 0 Å². The minimum atomic E-state index is -0.275. The van der Waals surface area contributed by atoms with E-state index in [1.165, 1.54) is 4.88 Å². The summed E-state index contributed by atoms with van der Waals surface area (Å²) in [5.41, 5.74) is -0.275. The van der Waals surface area contributed by atoms with E-state index >= 15 is 0 Å². The minimum Gasteiger partial charge on any atom is -0.366 e. The SMILES string of the molecule is CC(c1cccs1)N(C)C(=O)COC(C)(C)C. The molecule has 17 heavy (non-hydrogen) atoms. The van der Waals surface area contributed by atoms with Crippen LogP contribution in [0.5, 0.6) is 0 Å². The van der Waals surface area contributed by atoms with Gasteiger partial charge in [0.05, 0.1) is 11.6 Å². The minimum absolute atomic E-state index is 0.0147. The molecule has 0 aliphatic rings. The summed E-state index contributed by atoms with van der Waals surface area (Å²) in [4.78, 5) is 14.9.